The van der Waals surface area contributed by atoms with Crippen molar-refractivity contribution in [1.29, 1.82) is 0 Å². The van der Waals surface area contributed by atoms with Crippen molar-refractivity contribution in [3.8, 4) is 23.0 Å². The molecule has 0 amide bonds. The lowest BCUT2D eigenvalue weighted by Gasteiger charge is -2.18. The molecule has 8 nitrogen and oxygen atoms in total. The average Bonchev–Trinajstić information content (AvgIpc) is 3.53. The van der Waals surface area contributed by atoms with E-state index in [-0.39, 0.29) is 30.0 Å². The zero-order valence-corrected chi connectivity index (χ0v) is 18.4. The minimum atomic E-state index is -0.868. The number of rotatable bonds is 5. The summed E-state index contributed by atoms with van der Waals surface area (Å²) in [4.78, 5) is 8.86. The van der Waals surface area contributed by atoms with Crippen molar-refractivity contribution in [3.05, 3.63) is 59.1 Å². The summed E-state index contributed by atoms with van der Waals surface area (Å²) in [5.41, 5.74) is 1.64. The maximum Gasteiger partial charge on any atom is 0.326 e. The number of nitrogens with one attached hydrogen (secondary N) is 2. The van der Waals surface area contributed by atoms with Gasteiger partial charge in [-0.15, -0.1) is 0 Å². The quantitative estimate of drug-likeness (QED) is 0.414. The topological polar surface area (TPSA) is 94.2 Å². The number of ether oxygens (including phenoxy) is 3. The molecule has 2 aliphatic rings. The van der Waals surface area contributed by atoms with Crippen molar-refractivity contribution in [2.45, 2.75) is 18.8 Å². The third-order valence-electron chi connectivity index (χ3n) is 5.99. The summed E-state index contributed by atoms with van der Waals surface area (Å²) >= 11 is 6.44. The standard InChI is InChI=1S/C23H18ClF2N5O3/c24-14-4-2-1-3-12(14)19-18-20(27-16-10-33-22-13(16)7-8-32-22)28-23(29-21(18)31-30-19)34-17-6-5-11(25)9-15(17)26/h1-6,9,13,16,22H,7-8,10H2,(H2,27,28,29,30,31)/t13-,16+,22+/m0/s1. The van der Waals surface area contributed by atoms with Crippen LogP contribution in [0.3, 0.4) is 0 Å². The number of fused-ring (bicyclic) bond motifs is 2. The molecule has 34 heavy (non-hydrogen) atoms. The van der Waals surface area contributed by atoms with Crippen LogP contribution in [0.1, 0.15) is 6.42 Å². The molecule has 2 aliphatic heterocycles. The largest absolute Gasteiger partial charge is 0.421 e. The van der Waals surface area contributed by atoms with E-state index in [2.05, 4.69) is 25.5 Å². The van der Waals surface area contributed by atoms with Crippen LogP contribution in [-0.4, -0.2) is 45.7 Å². The van der Waals surface area contributed by atoms with Gasteiger partial charge in [0.2, 0.25) is 0 Å². The summed E-state index contributed by atoms with van der Waals surface area (Å²) < 4.78 is 44.4. The first kappa shape index (κ1) is 21.2. The normalized spacial score (nSPS) is 21.7. The number of H-pyrrole nitrogens is 1. The van der Waals surface area contributed by atoms with E-state index in [4.69, 9.17) is 25.8 Å². The molecule has 0 bridgehead atoms. The van der Waals surface area contributed by atoms with Gasteiger partial charge in [0, 0.05) is 22.6 Å². The molecular formula is C23H18ClF2N5O3. The van der Waals surface area contributed by atoms with E-state index < -0.39 is 11.6 Å². The highest BCUT2D eigenvalue weighted by atomic mass is 35.5. The summed E-state index contributed by atoms with van der Waals surface area (Å²) in [6.45, 7) is 1.06. The van der Waals surface area contributed by atoms with Gasteiger partial charge in [-0.1, -0.05) is 29.8 Å². The van der Waals surface area contributed by atoms with Crippen LogP contribution in [0.15, 0.2) is 42.5 Å². The Morgan fingerprint density at radius 1 is 1.12 bits per heavy atom. The number of hydrogen-bond donors (Lipinski definition) is 2. The van der Waals surface area contributed by atoms with Crippen LogP contribution in [0, 0.1) is 17.6 Å². The minimum Gasteiger partial charge on any atom is -0.421 e. The van der Waals surface area contributed by atoms with Crippen molar-refractivity contribution >= 4 is 28.5 Å². The lowest BCUT2D eigenvalue weighted by Crippen LogP contribution is -2.29. The molecule has 174 valence electrons. The molecule has 6 rings (SSSR count). The molecule has 4 heterocycles. The second kappa shape index (κ2) is 8.46. The lowest BCUT2D eigenvalue weighted by molar-refractivity contribution is -0.0904. The Kier molecular flexibility index (Phi) is 5.28. The Labute approximate surface area is 197 Å². The molecule has 2 fully saturated rings. The predicted octanol–water partition coefficient (Wildman–Crippen LogP) is 4.92. The fourth-order valence-corrected chi connectivity index (χ4v) is 4.59. The van der Waals surface area contributed by atoms with Gasteiger partial charge in [-0.2, -0.15) is 15.1 Å². The van der Waals surface area contributed by atoms with Crippen LogP contribution in [0.4, 0.5) is 14.6 Å². The van der Waals surface area contributed by atoms with E-state index in [0.717, 1.165) is 24.1 Å². The second-order valence-corrected chi connectivity index (χ2v) is 8.49. The Balaban J connectivity index is 1.45. The van der Waals surface area contributed by atoms with Crippen LogP contribution in [0.25, 0.3) is 22.3 Å². The molecular weight excluding hydrogens is 468 g/mol. The Bertz CT molecular complexity index is 1380. The predicted molar refractivity (Wildman–Crippen MR) is 120 cm³/mol. The number of hydrogen-bond acceptors (Lipinski definition) is 7. The maximum absolute atomic E-state index is 14.2. The second-order valence-electron chi connectivity index (χ2n) is 8.08. The number of aromatic nitrogens is 4. The van der Waals surface area contributed by atoms with Crippen molar-refractivity contribution in [2.75, 3.05) is 18.5 Å². The highest BCUT2D eigenvalue weighted by molar-refractivity contribution is 6.33. The van der Waals surface area contributed by atoms with E-state index in [9.17, 15) is 8.78 Å². The Morgan fingerprint density at radius 2 is 2.00 bits per heavy atom. The summed E-state index contributed by atoms with van der Waals surface area (Å²) in [6, 6.07) is 10.1. The van der Waals surface area contributed by atoms with E-state index in [1.807, 2.05) is 18.2 Å². The first-order chi connectivity index (χ1) is 16.6. The molecule has 0 saturated carbocycles. The third-order valence-corrected chi connectivity index (χ3v) is 6.32. The Morgan fingerprint density at radius 3 is 2.85 bits per heavy atom. The number of aromatic amines is 1. The average molecular weight is 486 g/mol. The van der Waals surface area contributed by atoms with Crippen LogP contribution >= 0.6 is 11.6 Å². The van der Waals surface area contributed by atoms with E-state index in [1.165, 1.54) is 6.07 Å². The minimum absolute atomic E-state index is 0.0741. The van der Waals surface area contributed by atoms with Gasteiger partial charge >= 0.3 is 6.01 Å². The van der Waals surface area contributed by atoms with Gasteiger partial charge < -0.3 is 19.5 Å². The molecule has 11 heteroatoms. The van der Waals surface area contributed by atoms with E-state index in [0.29, 0.717) is 40.8 Å². The van der Waals surface area contributed by atoms with Crippen LogP contribution in [-0.2, 0) is 9.47 Å². The molecule has 2 aromatic heterocycles. The summed E-state index contributed by atoms with van der Waals surface area (Å²) in [6.07, 6.45) is 0.593. The van der Waals surface area contributed by atoms with Gasteiger partial charge in [0.05, 0.1) is 30.3 Å². The van der Waals surface area contributed by atoms with Crippen molar-refractivity contribution in [1.82, 2.24) is 20.2 Å². The molecule has 0 radical (unpaired) electrons. The Hall–Kier alpha value is -3.34. The highest BCUT2D eigenvalue weighted by Crippen LogP contribution is 2.38. The molecule has 0 aliphatic carbocycles. The molecule has 2 N–H and O–H groups in total. The zero-order valence-electron chi connectivity index (χ0n) is 17.6. The van der Waals surface area contributed by atoms with Gasteiger partial charge in [-0.05, 0) is 24.6 Å². The summed E-state index contributed by atoms with van der Waals surface area (Å²) in [5.74, 6) is -1.21. The smallest absolute Gasteiger partial charge is 0.326 e. The zero-order chi connectivity index (χ0) is 23.2. The fraction of sp³-hybridized carbons (Fsp3) is 0.261. The maximum atomic E-state index is 14.2. The fourth-order valence-electron chi connectivity index (χ4n) is 4.36. The molecule has 0 unspecified atom stereocenters. The van der Waals surface area contributed by atoms with E-state index in [1.54, 1.807) is 6.07 Å². The summed E-state index contributed by atoms with van der Waals surface area (Å²) in [5, 5.41) is 11.8. The van der Waals surface area contributed by atoms with Gasteiger partial charge in [-0.25, -0.2) is 8.78 Å². The monoisotopic (exact) mass is 485 g/mol. The van der Waals surface area contributed by atoms with Gasteiger partial charge in [-0.3, -0.25) is 5.10 Å². The number of benzene rings is 2. The number of anilines is 1. The first-order valence-electron chi connectivity index (χ1n) is 10.7. The third kappa shape index (κ3) is 3.73. The molecule has 3 atom stereocenters. The SMILES string of the molecule is Fc1ccc(Oc2nc(N[C@@H]3CO[C@H]4OCC[C@H]43)c3c(-c4ccccc4Cl)[nH]nc3n2)c(F)c1. The lowest BCUT2D eigenvalue weighted by atomic mass is 10.0. The van der Waals surface area contributed by atoms with Crippen LogP contribution in [0.2, 0.25) is 5.02 Å². The van der Waals surface area contributed by atoms with Crippen LogP contribution in [0.5, 0.6) is 11.8 Å². The molecule has 0 spiro atoms. The van der Waals surface area contributed by atoms with Gasteiger partial charge in [0.25, 0.3) is 0 Å². The molecule has 4 aromatic rings. The highest BCUT2D eigenvalue weighted by Gasteiger charge is 2.42. The van der Waals surface area contributed by atoms with Crippen molar-refractivity contribution < 1.29 is 23.0 Å². The number of nitrogens with zero attached hydrogens (tertiary/aromatic N) is 3. The summed E-state index contributed by atoms with van der Waals surface area (Å²) in [7, 11) is 0. The molecule has 2 aromatic carbocycles. The van der Waals surface area contributed by atoms with Gasteiger partial charge in [0.1, 0.15) is 11.6 Å². The van der Waals surface area contributed by atoms with Crippen molar-refractivity contribution in [2.24, 2.45) is 5.92 Å². The van der Waals surface area contributed by atoms with Gasteiger partial charge in [0.15, 0.2) is 23.5 Å². The van der Waals surface area contributed by atoms with Crippen LogP contribution < -0.4 is 10.1 Å². The first-order valence-corrected chi connectivity index (χ1v) is 11.1. The van der Waals surface area contributed by atoms with E-state index >= 15 is 0 Å². The van der Waals surface area contributed by atoms with Crippen molar-refractivity contribution in [3.63, 3.8) is 0 Å². The number of halogens is 3. The molecule has 2 saturated heterocycles.